The Morgan fingerprint density at radius 2 is 1.84 bits per heavy atom. The Balaban J connectivity index is 1.53. The lowest BCUT2D eigenvalue weighted by Gasteiger charge is -2.13. The molecule has 9 heteroatoms. The third kappa shape index (κ3) is 4.71. The molecule has 0 saturated carbocycles. The van der Waals surface area contributed by atoms with E-state index < -0.39 is 11.7 Å². The van der Waals surface area contributed by atoms with Crippen molar-refractivity contribution in [2.45, 2.75) is 6.54 Å². The van der Waals surface area contributed by atoms with Crippen LogP contribution >= 0.6 is 34.8 Å². The van der Waals surface area contributed by atoms with Crippen molar-refractivity contribution in [2.75, 3.05) is 5.73 Å². The third-order valence-corrected chi connectivity index (χ3v) is 5.14. The number of anilines is 1. The minimum atomic E-state index is -0.720. The molecule has 4 rings (SSSR count). The summed E-state index contributed by atoms with van der Waals surface area (Å²) in [5.41, 5.74) is 6.78. The number of amides is 1. The first-order valence-corrected chi connectivity index (χ1v) is 10.1. The van der Waals surface area contributed by atoms with Gasteiger partial charge in [-0.1, -0.05) is 40.9 Å². The van der Waals surface area contributed by atoms with E-state index in [0.717, 1.165) is 0 Å². The van der Waals surface area contributed by atoms with Crippen molar-refractivity contribution in [3.8, 4) is 11.5 Å². The number of nitrogen functional groups attached to an aromatic ring is 1. The number of rotatable bonds is 5. The molecule has 0 aliphatic rings. The first-order valence-electron chi connectivity index (χ1n) is 8.98. The number of carbonyl (C=O) groups excluding carboxylic acids is 1. The van der Waals surface area contributed by atoms with E-state index in [4.69, 9.17) is 49.7 Å². The van der Waals surface area contributed by atoms with E-state index in [1.807, 2.05) is 0 Å². The maximum Gasteiger partial charge on any atom is 0.287 e. The summed E-state index contributed by atoms with van der Waals surface area (Å²) < 4.78 is 26.1. The van der Waals surface area contributed by atoms with E-state index in [9.17, 15) is 4.79 Å². The molecular formula is C22H14Cl3FN2O3. The highest BCUT2D eigenvalue weighted by atomic mass is 35.5. The van der Waals surface area contributed by atoms with Crippen LogP contribution in [0, 0.1) is 5.82 Å². The molecule has 5 nitrogen and oxygen atoms in total. The zero-order chi connectivity index (χ0) is 22.1. The number of halogens is 4. The minimum Gasteiger partial charge on any atom is -0.453 e. The molecule has 0 radical (unpaired) electrons. The predicted molar refractivity (Wildman–Crippen MR) is 120 cm³/mol. The Morgan fingerprint density at radius 1 is 1.03 bits per heavy atom. The van der Waals surface area contributed by atoms with Crippen LogP contribution in [0.2, 0.25) is 15.1 Å². The Labute approximate surface area is 191 Å². The maximum atomic E-state index is 15.0. The van der Waals surface area contributed by atoms with E-state index in [1.165, 1.54) is 30.3 Å². The Morgan fingerprint density at radius 3 is 2.61 bits per heavy atom. The molecule has 0 aliphatic heterocycles. The lowest BCUT2D eigenvalue weighted by Crippen LogP contribution is -2.22. The van der Waals surface area contributed by atoms with Gasteiger partial charge in [-0.05, 0) is 42.5 Å². The van der Waals surface area contributed by atoms with Gasteiger partial charge in [0.1, 0.15) is 11.3 Å². The number of carbonyl (C=O) groups is 1. The summed E-state index contributed by atoms with van der Waals surface area (Å²) in [5.74, 6) is -1.12. The van der Waals surface area contributed by atoms with Crippen LogP contribution in [0.1, 0.15) is 16.1 Å². The fourth-order valence-corrected chi connectivity index (χ4v) is 3.55. The van der Waals surface area contributed by atoms with Gasteiger partial charge in [0.15, 0.2) is 17.3 Å². The highest BCUT2D eigenvalue weighted by Crippen LogP contribution is 2.35. The Hall–Kier alpha value is -2.93. The molecule has 1 heterocycles. The fraction of sp³-hybridized carbons (Fsp3) is 0.0455. The molecule has 0 atom stereocenters. The number of hydrogen-bond acceptors (Lipinski definition) is 4. The summed E-state index contributed by atoms with van der Waals surface area (Å²) in [7, 11) is 0. The van der Waals surface area contributed by atoms with Gasteiger partial charge in [-0.2, -0.15) is 0 Å². The quantitative estimate of drug-likeness (QED) is 0.307. The molecule has 3 N–H and O–H groups in total. The number of hydrogen-bond donors (Lipinski definition) is 2. The number of benzene rings is 3. The summed E-state index contributed by atoms with van der Waals surface area (Å²) in [5, 5.41) is 4.22. The molecular weight excluding hydrogens is 466 g/mol. The first-order chi connectivity index (χ1) is 14.8. The number of furan rings is 1. The smallest absolute Gasteiger partial charge is 0.287 e. The van der Waals surface area contributed by atoms with Crippen LogP contribution in [0.4, 0.5) is 10.1 Å². The summed E-state index contributed by atoms with van der Waals surface area (Å²) in [6, 6.07) is 14.0. The summed E-state index contributed by atoms with van der Waals surface area (Å²) in [6.07, 6.45) is 0. The Kier molecular flexibility index (Phi) is 5.96. The molecule has 0 fully saturated rings. The van der Waals surface area contributed by atoms with E-state index in [2.05, 4.69) is 5.32 Å². The van der Waals surface area contributed by atoms with Gasteiger partial charge in [-0.15, -0.1) is 0 Å². The van der Waals surface area contributed by atoms with Gasteiger partial charge in [-0.25, -0.2) is 4.39 Å². The molecule has 0 bridgehead atoms. The second kappa shape index (κ2) is 8.67. The van der Waals surface area contributed by atoms with Crippen LogP contribution in [0.5, 0.6) is 11.5 Å². The SMILES string of the molecule is Nc1cc(Cl)cc(Oc2c(Cl)ccc(CNC(=O)c3cc4cc(Cl)ccc4o3)c2F)c1. The molecule has 0 saturated heterocycles. The maximum absolute atomic E-state index is 15.0. The normalized spacial score (nSPS) is 11.0. The standard InChI is InChI=1S/C22H14Cl3FN2O3/c23-13-2-4-18-12(5-13)6-19(31-18)22(29)28-10-11-1-3-17(25)21(20(11)26)30-16-8-14(24)7-15(27)9-16/h1-9H,10,27H2,(H,28,29). The van der Waals surface area contributed by atoms with Crippen molar-refractivity contribution in [3.05, 3.63) is 86.8 Å². The van der Waals surface area contributed by atoms with Gasteiger partial charge >= 0.3 is 0 Å². The molecule has 0 unspecified atom stereocenters. The van der Waals surface area contributed by atoms with Gasteiger partial charge in [0.2, 0.25) is 0 Å². The van der Waals surface area contributed by atoms with Crippen LogP contribution in [0.15, 0.2) is 59.0 Å². The highest BCUT2D eigenvalue weighted by molar-refractivity contribution is 6.32. The van der Waals surface area contributed by atoms with Crippen molar-refractivity contribution in [2.24, 2.45) is 0 Å². The zero-order valence-electron chi connectivity index (χ0n) is 15.7. The topological polar surface area (TPSA) is 77.5 Å². The van der Waals surface area contributed by atoms with Gasteiger partial charge < -0.3 is 20.2 Å². The van der Waals surface area contributed by atoms with Crippen molar-refractivity contribution >= 4 is 57.4 Å². The highest BCUT2D eigenvalue weighted by Gasteiger charge is 2.18. The van der Waals surface area contributed by atoms with Crippen molar-refractivity contribution in [1.82, 2.24) is 5.32 Å². The number of fused-ring (bicyclic) bond motifs is 1. The van der Waals surface area contributed by atoms with Crippen molar-refractivity contribution in [3.63, 3.8) is 0 Å². The molecule has 0 aliphatic carbocycles. The largest absolute Gasteiger partial charge is 0.453 e. The first kappa shape index (κ1) is 21.3. The van der Waals surface area contributed by atoms with Gasteiger partial charge in [0.25, 0.3) is 5.91 Å². The minimum absolute atomic E-state index is 0.0558. The van der Waals surface area contributed by atoms with E-state index >= 15 is 4.39 Å². The molecule has 4 aromatic rings. The molecule has 1 aromatic heterocycles. The van der Waals surface area contributed by atoms with Crippen LogP contribution < -0.4 is 15.8 Å². The molecule has 3 aromatic carbocycles. The third-order valence-electron chi connectivity index (χ3n) is 4.38. The summed E-state index contributed by atoms with van der Waals surface area (Å²) >= 11 is 18.0. The lowest BCUT2D eigenvalue weighted by atomic mass is 10.2. The van der Waals surface area contributed by atoms with Gasteiger partial charge in [0, 0.05) is 39.3 Å². The average molecular weight is 480 g/mol. The van der Waals surface area contributed by atoms with Crippen molar-refractivity contribution in [1.29, 1.82) is 0 Å². The molecule has 1 amide bonds. The second-order valence-electron chi connectivity index (χ2n) is 6.65. The predicted octanol–water partition coefficient (Wildman–Crippen LogP) is 6.84. The number of nitrogens with one attached hydrogen (secondary N) is 1. The van der Waals surface area contributed by atoms with Crippen LogP contribution in [0.3, 0.4) is 0 Å². The van der Waals surface area contributed by atoms with E-state index in [-0.39, 0.29) is 34.4 Å². The molecule has 31 heavy (non-hydrogen) atoms. The van der Waals surface area contributed by atoms with Gasteiger partial charge in [0.05, 0.1) is 5.02 Å². The van der Waals surface area contributed by atoms with Gasteiger partial charge in [-0.3, -0.25) is 4.79 Å². The number of nitrogens with two attached hydrogens (primary N) is 1. The Bertz CT molecular complexity index is 1290. The zero-order valence-corrected chi connectivity index (χ0v) is 18.0. The fourth-order valence-electron chi connectivity index (χ4n) is 2.95. The average Bonchev–Trinajstić information content (AvgIpc) is 3.13. The van der Waals surface area contributed by atoms with E-state index in [0.29, 0.717) is 26.7 Å². The van der Waals surface area contributed by atoms with Crippen LogP contribution in [-0.4, -0.2) is 5.91 Å². The van der Waals surface area contributed by atoms with E-state index in [1.54, 1.807) is 24.3 Å². The molecule has 0 spiro atoms. The number of ether oxygens (including phenoxy) is 1. The molecule has 158 valence electrons. The van der Waals surface area contributed by atoms with Crippen LogP contribution in [-0.2, 0) is 6.54 Å². The summed E-state index contributed by atoms with van der Waals surface area (Å²) in [4.78, 5) is 12.5. The summed E-state index contributed by atoms with van der Waals surface area (Å²) in [6.45, 7) is -0.117. The van der Waals surface area contributed by atoms with Crippen molar-refractivity contribution < 1.29 is 18.3 Å². The van der Waals surface area contributed by atoms with Crippen LogP contribution in [0.25, 0.3) is 11.0 Å². The lowest BCUT2D eigenvalue weighted by molar-refractivity contribution is 0.0925. The monoisotopic (exact) mass is 478 g/mol. The second-order valence-corrected chi connectivity index (χ2v) is 7.93.